The Balaban J connectivity index is 1.38. The van der Waals surface area contributed by atoms with E-state index < -0.39 is 11.5 Å². The fourth-order valence-electron chi connectivity index (χ4n) is 2.89. The summed E-state index contributed by atoms with van der Waals surface area (Å²) in [6.45, 7) is 0.376. The van der Waals surface area contributed by atoms with Crippen LogP contribution in [0, 0.1) is 5.82 Å². The van der Waals surface area contributed by atoms with Crippen LogP contribution in [0.3, 0.4) is 0 Å². The van der Waals surface area contributed by atoms with Crippen molar-refractivity contribution in [3.8, 4) is 0 Å². The summed E-state index contributed by atoms with van der Waals surface area (Å²) in [5.41, 5.74) is 1.42. The van der Waals surface area contributed by atoms with E-state index in [0.717, 1.165) is 5.82 Å². The molecule has 0 bridgehead atoms. The van der Waals surface area contributed by atoms with Crippen LogP contribution >= 0.6 is 0 Å². The highest BCUT2D eigenvalue weighted by Crippen LogP contribution is 2.13. The van der Waals surface area contributed by atoms with Gasteiger partial charge in [-0.3, -0.25) is 14.0 Å². The maximum atomic E-state index is 13.2. The van der Waals surface area contributed by atoms with Crippen LogP contribution in [0.5, 0.6) is 0 Å². The molecule has 3 aromatic heterocycles. The molecule has 0 spiro atoms. The number of halogens is 1. The SMILES string of the molecule is O=C(NCCCc1nc2ccc(F)cc2[nH]1)c1cnc2ccccn2c1=O. The van der Waals surface area contributed by atoms with Gasteiger partial charge in [-0.1, -0.05) is 6.07 Å². The summed E-state index contributed by atoms with van der Waals surface area (Å²) in [5, 5.41) is 2.72. The normalized spacial score (nSPS) is 11.1. The number of aromatic nitrogens is 4. The van der Waals surface area contributed by atoms with Crippen molar-refractivity contribution >= 4 is 22.6 Å². The fraction of sp³-hybridized carbons (Fsp3) is 0.158. The van der Waals surface area contributed by atoms with Gasteiger partial charge in [-0.05, 0) is 36.8 Å². The van der Waals surface area contributed by atoms with Crippen molar-refractivity contribution in [1.82, 2.24) is 24.7 Å². The van der Waals surface area contributed by atoms with E-state index in [2.05, 4.69) is 20.3 Å². The van der Waals surface area contributed by atoms with Gasteiger partial charge in [-0.25, -0.2) is 14.4 Å². The number of rotatable bonds is 5. The van der Waals surface area contributed by atoms with Crippen LogP contribution in [0.15, 0.2) is 53.6 Å². The molecule has 0 aliphatic heterocycles. The molecule has 136 valence electrons. The van der Waals surface area contributed by atoms with Gasteiger partial charge in [0.1, 0.15) is 22.9 Å². The summed E-state index contributed by atoms with van der Waals surface area (Å²) in [5.74, 6) is -0.0602. The lowest BCUT2D eigenvalue weighted by molar-refractivity contribution is 0.0951. The molecular weight excluding hydrogens is 349 g/mol. The third-order valence-electron chi connectivity index (χ3n) is 4.23. The Morgan fingerprint density at radius 1 is 1.26 bits per heavy atom. The molecule has 1 amide bonds. The molecule has 0 saturated carbocycles. The van der Waals surface area contributed by atoms with E-state index in [4.69, 9.17) is 0 Å². The average molecular weight is 365 g/mol. The zero-order valence-electron chi connectivity index (χ0n) is 14.3. The molecule has 4 aromatic rings. The van der Waals surface area contributed by atoms with Gasteiger partial charge in [0.2, 0.25) is 0 Å². The Kier molecular flexibility index (Phi) is 4.37. The fourth-order valence-corrected chi connectivity index (χ4v) is 2.89. The van der Waals surface area contributed by atoms with E-state index in [9.17, 15) is 14.0 Å². The number of fused-ring (bicyclic) bond motifs is 2. The standard InChI is InChI=1S/C19H16FN5O2/c20-12-6-7-14-15(10-12)24-16(23-14)4-3-8-21-18(26)13-11-22-17-5-1-2-9-25(17)19(13)27/h1-2,5-7,9-11H,3-4,8H2,(H,21,26)(H,23,24). The maximum absolute atomic E-state index is 13.2. The molecule has 0 radical (unpaired) electrons. The first-order chi connectivity index (χ1) is 13.1. The lowest BCUT2D eigenvalue weighted by Crippen LogP contribution is -2.32. The number of hydrogen-bond donors (Lipinski definition) is 2. The molecule has 3 heterocycles. The van der Waals surface area contributed by atoms with Gasteiger partial charge in [0.05, 0.1) is 11.0 Å². The summed E-state index contributed by atoms with van der Waals surface area (Å²) in [4.78, 5) is 36.2. The number of aromatic amines is 1. The van der Waals surface area contributed by atoms with Gasteiger partial charge >= 0.3 is 0 Å². The predicted molar refractivity (Wildman–Crippen MR) is 98.2 cm³/mol. The molecule has 0 saturated heterocycles. The Hall–Kier alpha value is -3.55. The van der Waals surface area contributed by atoms with E-state index in [1.807, 2.05) is 0 Å². The van der Waals surface area contributed by atoms with Gasteiger partial charge < -0.3 is 10.3 Å². The second-order valence-corrected chi connectivity index (χ2v) is 6.11. The lowest BCUT2D eigenvalue weighted by Gasteiger charge is -2.05. The Labute approximate surface area is 152 Å². The topological polar surface area (TPSA) is 92.2 Å². The Morgan fingerprint density at radius 2 is 2.15 bits per heavy atom. The van der Waals surface area contributed by atoms with Crippen LogP contribution in [0.1, 0.15) is 22.6 Å². The Morgan fingerprint density at radius 3 is 3.04 bits per heavy atom. The second kappa shape index (κ2) is 6.99. The minimum atomic E-state index is -0.461. The summed E-state index contributed by atoms with van der Waals surface area (Å²) in [6.07, 6.45) is 4.08. The van der Waals surface area contributed by atoms with E-state index in [1.165, 1.54) is 22.7 Å². The smallest absolute Gasteiger partial charge is 0.270 e. The van der Waals surface area contributed by atoms with Crippen LogP contribution in [0.25, 0.3) is 16.7 Å². The van der Waals surface area contributed by atoms with Crippen molar-refractivity contribution in [2.24, 2.45) is 0 Å². The van der Waals surface area contributed by atoms with Gasteiger partial charge in [0, 0.05) is 25.4 Å². The number of pyridine rings is 1. The van der Waals surface area contributed by atoms with E-state index >= 15 is 0 Å². The lowest BCUT2D eigenvalue weighted by atomic mass is 10.2. The van der Waals surface area contributed by atoms with Crippen molar-refractivity contribution in [1.29, 1.82) is 0 Å². The number of carbonyl (C=O) groups excluding carboxylic acids is 1. The number of aryl methyl sites for hydroxylation is 1. The van der Waals surface area contributed by atoms with Crippen LogP contribution < -0.4 is 10.9 Å². The van der Waals surface area contributed by atoms with Crippen LogP contribution in [-0.4, -0.2) is 31.8 Å². The number of H-pyrrole nitrogens is 1. The third kappa shape index (κ3) is 3.41. The first kappa shape index (κ1) is 16.9. The molecule has 0 atom stereocenters. The van der Waals surface area contributed by atoms with E-state index in [1.54, 1.807) is 30.5 Å². The molecule has 7 nitrogen and oxygen atoms in total. The molecule has 4 rings (SSSR count). The second-order valence-electron chi connectivity index (χ2n) is 6.11. The number of amides is 1. The Bertz CT molecular complexity index is 1200. The number of nitrogens with zero attached hydrogens (tertiary/aromatic N) is 3. The largest absolute Gasteiger partial charge is 0.352 e. The monoisotopic (exact) mass is 365 g/mol. The quantitative estimate of drug-likeness (QED) is 0.530. The van der Waals surface area contributed by atoms with Gasteiger partial charge in [-0.2, -0.15) is 0 Å². The van der Waals surface area contributed by atoms with Crippen molar-refractivity contribution < 1.29 is 9.18 Å². The number of carbonyl (C=O) groups is 1. The highest BCUT2D eigenvalue weighted by atomic mass is 19.1. The molecule has 0 fully saturated rings. The van der Waals surface area contributed by atoms with Crippen LogP contribution in [0.2, 0.25) is 0 Å². The molecule has 0 unspecified atom stereocenters. The minimum Gasteiger partial charge on any atom is -0.352 e. The molecule has 0 aliphatic carbocycles. The maximum Gasteiger partial charge on any atom is 0.270 e. The predicted octanol–water partition coefficient (Wildman–Crippen LogP) is 2.07. The van der Waals surface area contributed by atoms with Gasteiger partial charge in [0.15, 0.2) is 0 Å². The number of nitrogens with one attached hydrogen (secondary N) is 2. The summed E-state index contributed by atoms with van der Waals surface area (Å²) >= 11 is 0. The average Bonchev–Trinajstić information content (AvgIpc) is 3.07. The summed E-state index contributed by atoms with van der Waals surface area (Å²) < 4.78 is 14.5. The zero-order valence-corrected chi connectivity index (χ0v) is 14.3. The molecule has 8 heteroatoms. The van der Waals surface area contributed by atoms with Crippen molar-refractivity contribution in [3.63, 3.8) is 0 Å². The molecule has 0 aliphatic rings. The first-order valence-electron chi connectivity index (χ1n) is 8.50. The molecule has 2 N–H and O–H groups in total. The molecule has 1 aromatic carbocycles. The number of benzene rings is 1. The number of hydrogen-bond acceptors (Lipinski definition) is 4. The summed E-state index contributed by atoms with van der Waals surface area (Å²) in [7, 11) is 0. The summed E-state index contributed by atoms with van der Waals surface area (Å²) in [6, 6.07) is 9.55. The third-order valence-corrected chi connectivity index (χ3v) is 4.23. The van der Waals surface area contributed by atoms with E-state index in [-0.39, 0.29) is 11.4 Å². The van der Waals surface area contributed by atoms with E-state index in [0.29, 0.717) is 36.1 Å². The minimum absolute atomic E-state index is 0.00193. The van der Waals surface area contributed by atoms with Crippen LogP contribution in [-0.2, 0) is 6.42 Å². The van der Waals surface area contributed by atoms with Crippen LogP contribution in [0.4, 0.5) is 4.39 Å². The first-order valence-corrected chi connectivity index (χ1v) is 8.50. The van der Waals surface area contributed by atoms with Gasteiger partial charge in [0.25, 0.3) is 11.5 Å². The van der Waals surface area contributed by atoms with Crippen molar-refractivity contribution in [3.05, 3.63) is 76.4 Å². The highest BCUT2D eigenvalue weighted by Gasteiger charge is 2.12. The van der Waals surface area contributed by atoms with Gasteiger partial charge in [-0.15, -0.1) is 0 Å². The van der Waals surface area contributed by atoms with Crippen molar-refractivity contribution in [2.45, 2.75) is 12.8 Å². The molecule has 27 heavy (non-hydrogen) atoms. The molecular formula is C19H16FN5O2. The number of imidazole rings is 1. The highest BCUT2D eigenvalue weighted by molar-refractivity contribution is 5.93. The van der Waals surface area contributed by atoms with Crippen molar-refractivity contribution in [2.75, 3.05) is 6.54 Å². The zero-order chi connectivity index (χ0) is 18.8.